The maximum atomic E-state index is 5.36. The van der Waals surface area contributed by atoms with Crippen LogP contribution in [0.5, 0.6) is 0 Å². The molecule has 0 atom stereocenters. The maximum absolute atomic E-state index is 5.36. The first-order chi connectivity index (χ1) is 2.89. The molecule has 1 aromatic rings. The Hall–Kier alpha value is 0.517. The summed E-state index contributed by atoms with van der Waals surface area (Å²) in [7, 11) is 0. The van der Waals surface area contributed by atoms with Gasteiger partial charge in [0.2, 0.25) is 0 Å². The van der Waals surface area contributed by atoms with E-state index in [4.69, 9.17) is 11.6 Å². The van der Waals surface area contributed by atoms with Crippen molar-refractivity contribution in [2.75, 3.05) is 0 Å². The summed E-state index contributed by atoms with van der Waals surface area (Å²) in [6.07, 6.45) is 1.67. The van der Waals surface area contributed by atoms with Gasteiger partial charge in [0.25, 0.3) is 0 Å². The minimum Gasteiger partial charge on any atom is -1.00 e. The van der Waals surface area contributed by atoms with Gasteiger partial charge in [0.05, 0.1) is 0 Å². The van der Waals surface area contributed by atoms with Crippen molar-refractivity contribution in [3.63, 3.8) is 0 Å². The van der Waals surface area contributed by atoms with E-state index in [-0.39, 0.29) is 20.3 Å². The molecule has 0 amide bonds. The number of hydrogen-bond donors (Lipinski definition) is 0. The average Bonchev–Trinajstić information content (AvgIpc) is 1.86. The Labute approximate surface area is 64.4 Å². The molecular formula is C3H3ClLiNS. The Bertz CT molecular complexity index is 123. The molecular weight excluding hydrogens is 125 g/mol. The second-order valence-electron chi connectivity index (χ2n) is 0.785. The van der Waals surface area contributed by atoms with Crippen molar-refractivity contribution >= 4 is 22.9 Å². The van der Waals surface area contributed by atoms with Crippen molar-refractivity contribution in [1.29, 1.82) is 0 Å². The number of rotatable bonds is 0. The third-order valence-corrected chi connectivity index (χ3v) is 1.32. The van der Waals surface area contributed by atoms with E-state index in [2.05, 4.69) is 4.98 Å². The summed E-state index contributed by atoms with van der Waals surface area (Å²) < 4.78 is 0.606. The monoisotopic (exact) mass is 127 g/mol. The molecule has 1 aromatic heterocycles. The van der Waals surface area contributed by atoms with E-state index in [1.165, 1.54) is 11.3 Å². The number of nitrogens with zero attached hydrogens (tertiary/aromatic N) is 1. The fourth-order valence-electron chi connectivity index (χ4n) is 0.206. The van der Waals surface area contributed by atoms with Gasteiger partial charge in [-0.05, 0) is 0 Å². The third-order valence-electron chi connectivity index (χ3n) is 0.402. The fourth-order valence-corrected chi connectivity index (χ4v) is 0.772. The first-order valence-electron chi connectivity index (χ1n) is 1.44. The summed E-state index contributed by atoms with van der Waals surface area (Å²) in [5.41, 5.74) is 0. The minimum absolute atomic E-state index is 0. The number of aromatic nitrogens is 1. The van der Waals surface area contributed by atoms with Crippen LogP contribution in [-0.2, 0) is 0 Å². The Morgan fingerprint density at radius 3 is 2.71 bits per heavy atom. The molecule has 0 saturated heterocycles. The van der Waals surface area contributed by atoms with Gasteiger partial charge in [0.1, 0.15) is 0 Å². The van der Waals surface area contributed by atoms with E-state index < -0.39 is 0 Å². The van der Waals surface area contributed by atoms with E-state index in [0.717, 1.165) is 0 Å². The molecule has 0 N–H and O–H groups in total. The first-order valence-corrected chi connectivity index (χ1v) is 2.70. The number of thiazole rings is 1. The van der Waals surface area contributed by atoms with Crippen LogP contribution in [0.1, 0.15) is 1.43 Å². The van der Waals surface area contributed by atoms with Gasteiger partial charge in [-0.25, -0.2) is 4.98 Å². The summed E-state index contributed by atoms with van der Waals surface area (Å²) in [4.78, 5) is 3.70. The van der Waals surface area contributed by atoms with Gasteiger partial charge in [-0.1, -0.05) is 11.6 Å². The topological polar surface area (TPSA) is 12.9 Å². The van der Waals surface area contributed by atoms with Crippen molar-refractivity contribution in [3.05, 3.63) is 16.0 Å². The van der Waals surface area contributed by atoms with E-state index in [9.17, 15) is 0 Å². The van der Waals surface area contributed by atoms with Crippen molar-refractivity contribution in [3.8, 4) is 0 Å². The van der Waals surface area contributed by atoms with Crippen molar-refractivity contribution < 1.29 is 20.3 Å². The van der Waals surface area contributed by atoms with Crippen LogP contribution in [0.4, 0.5) is 0 Å². The molecule has 0 spiro atoms. The Balaban J connectivity index is 0. The van der Waals surface area contributed by atoms with Crippen LogP contribution >= 0.6 is 22.9 Å². The van der Waals surface area contributed by atoms with Gasteiger partial charge < -0.3 is 1.43 Å². The van der Waals surface area contributed by atoms with Crippen molar-refractivity contribution in [2.24, 2.45) is 0 Å². The van der Waals surface area contributed by atoms with Crippen LogP contribution in [0.15, 0.2) is 11.6 Å². The smallest absolute Gasteiger partial charge is 1.00 e. The molecule has 4 heteroatoms. The van der Waals surface area contributed by atoms with Gasteiger partial charge in [-0.15, -0.1) is 11.3 Å². The summed E-state index contributed by atoms with van der Waals surface area (Å²) in [6.45, 7) is 0. The van der Waals surface area contributed by atoms with Gasteiger partial charge in [-0.3, -0.25) is 0 Å². The van der Waals surface area contributed by atoms with E-state index >= 15 is 0 Å². The Morgan fingerprint density at radius 2 is 2.57 bits per heavy atom. The van der Waals surface area contributed by atoms with Gasteiger partial charge in [-0.2, -0.15) is 0 Å². The molecule has 0 fully saturated rings. The second kappa shape index (κ2) is 3.51. The molecule has 0 bridgehead atoms. The van der Waals surface area contributed by atoms with Gasteiger partial charge in [0, 0.05) is 11.6 Å². The van der Waals surface area contributed by atoms with E-state index in [1.807, 2.05) is 5.38 Å². The number of hydrogen-bond acceptors (Lipinski definition) is 2. The second-order valence-corrected chi connectivity index (χ2v) is 2.26. The summed E-state index contributed by atoms with van der Waals surface area (Å²) in [5, 5.41) is 1.84. The standard InChI is InChI=1S/C3H2ClNS.Li.H/c4-3-5-1-2-6-3;;/h1-2H;;/q;+1;-1. The average molecular weight is 128 g/mol. The quantitative estimate of drug-likeness (QED) is 0.404. The molecule has 0 radical (unpaired) electrons. The van der Waals surface area contributed by atoms with E-state index in [0.29, 0.717) is 4.47 Å². The SMILES string of the molecule is Clc1nccs1.[H-].[Li+]. The van der Waals surface area contributed by atoms with Crippen molar-refractivity contribution in [1.82, 2.24) is 4.98 Å². The summed E-state index contributed by atoms with van der Waals surface area (Å²) in [6, 6.07) is 0. The first kappa shape index (κ1) is 7.52. The van der Waals surface area contributed by atoms with Crippen LogP contribution in [0.25, 0.3) is 0 Å². The normalized spacial score (nSPS) is 7.57. The number of halogens is 1. The molecule has 0 unspecified atom stereocenters. The Kier molecular flexibility index (Phi) is 3.77. The van der Waals surface area contributed by atoms with Gasteiger partial charge in [0.15, 0.2) is 4.47 Å². The summed E-state index contributed by atoms with van der Waals surface area (Å²) >= 11 is 6.79. The zero-order chi connectivity index (χ0) is 4.41. The molecule has 0 aromatic carbocycles. The molecule has 1 rings (SSSR count). The predicted octanol–water partition coefficient (Wildman–Crippen LogP) is -1.09. The largest absolute Gasteiger partial charge is 1.00 e. The van der Waals surface area contributed by atoms with Crippen LogP contribution in [0, 0.1) is 0 Å². The molecule has 1 heterocycles. The predicted molar refractivity (Wildman–Crippen MR) is 28.2 cm³/mol. The van der Waals surface area contributed by atoms with E-state index in [1.54, 1.807) is 6.20 Å². The maximum Gasteiger partial charge on any atom is 1.00 e. The summed E-state index contributed by atoms with van der Waals surface area (Å²) in [5.74, 6) is 0. The fraction of sp³-hybridized carbons (Fsp3) is 0. The zero-order valence-electron chi connectivity index (χ0n) is 4.89. The van der Waals surface area contributed by atoms with Crippen LogP contribution < -0.4 is 18.9 Å². The van der Waals surface area contributed by atoms with Crippen LogP contribution in [0.3, 0.4) is 0 Å². The molecule has 34 valence electrons. The molecule has 7 heavy (non-hydrogen) atoms. The minimum atomic E-state index is 0. The molecule has 0 saturated carbocycles. The van der Waals surface area contributed by atoms with Crippen molar-refractivity contribution in [2.45, 2.75) is 0 Å². The zero-order valence-corrected chi connectivity index (χ0v) is 5.46. The van der Waals surface area contributed by atoms with Gasteiger partial charge >= 0.3 is 18.9 Å². The molecule has 0 aliphatic heterocycles. The Morgan fingerprint density at radius 1 is 1.86 bits per heavy atom. The third kappa shape index (κ3) is 2.35. The molecule has 1 nitrogen and oxygen atoms in total. The van der Waals surface area contributed by atoms with Crippen LogP contribution in [0.2, 0.25) is 4.47 Å². The molecule has 0 aliphatic rings. The van der Waals surface area contributed by atoms with Crippen LogP contribution in [-0.4, -0.2) is 4.98 Å². The molecule has 0 aliphatic carbocycles.